The van der Waals surface area contributed by atoms with Gasteiger partial charge < -0.3 is 14.5 Å². The van der Waals surface area contributed by atoms with Crippen molar-refractivity contribution in [3.05, 3.63) is 16.5 Å². The van der Waals surface area contributed by atoms with E-state index < -0.39 is 0 Å². The van der Waals surface area contributed by atoms with Gasteiger partial charge in [0.15, 0.2) is 0 Å². The second kappa shape index (κ2) is 7.97. The van der Waals surface area contributed by atoms with Crippen molar-refractivity contribution < 1.29 is 9.53 Å². The zero-order valence-corrected chi connectivity index (χ0v) is 15.0. The van der Waals surface area contributed by atoms with E-state index in [0.717, 1.165) is 37.5 Å². The summed E-state index contributed by atoms with van der Waals surface area (Å²) in [7, 11) is 1.74. The van der Waals surface area contributed by atoms with Crippen LogP contribution in [0.2, 0.25) is 0 Å². The first-order valence-corrected chi connectivity index (χ1v) is 9.07. The molecule has 0 atom stereocenters. The topological polar surface area (TPSA) is 32.8 Å². The molecule has 0 radical (unpaired) electrons. The minimum absolute atomic E-state index is 0.169. The van der Waals surface area contributed by atoms with Gasteiger partial charge in [-0.1, -0.05) is 0 Å². The van der Waals surface area contributed by atoms with E-state index >= 15 is 0 Å². The van der Waals surface area contributed by atoms with E-state index in [1.807, 2.05) is 11.8 Å². The van der Waals surface area contributed by atoms with Gasteiger partial charge in [0.1, 0.15) is 0 Å². The van der Waals surface area contributed by atoms with Gasteiger partial charge in [0.05, 0.1) is 16.5 Å². The third-order valence-corrected chi connectivity index (χ3v) is 5.43. The van der Waals surface area contributed by atoms with Gasteiger partial charge in [-0.2, -0.15) is 0 Å². The molecule has 22 heavy (non-hydrogen) atoms. The Morgan fingerprint density at radius 2 is 2.23 bits per heavy atom. The monoisotopic (exact) mass is 324 g/mol. The third-order valence-electron chi connectivity index (χ3n) is 4.20. The fourth-order valence-electron chi connectivity index (χ4n) is 2.99. The van der Waals surface area contributed by atoms with Crippen LogP contribution in [0.3, 0.4) is 0 Å². The molecule has 5 heteroatoms. The molecule has 0 spiro atoms. The lowest BCUT2D eigenvalue weighted by Crippen LogP contribution is -2.36. The van der Waals surface area contributed by atoms with Crippen LogP contribution in [0.4, 0.5) is 5.00 Å². The molecular formula is C17H28N2O2S. The number of thiophene rings is 1. The van der Waals surface area contributed by atoms with Crippen molar-refractivity contribution in [2.24, 2.45) is 0 Å². The number of carbonyl (C=O) groups is 1. The van der Waals surface area contributed by atoms with E-state index in [9.17, 15) is 4.79 Å². The summed E-state index contributed by atoms with van der Waals surface area (Å²) in [6.07, 6.45) is 3.49. The molecule has 4 nitrogen and oxygen atoms in total. The second-order valence-electron chi connectivity index (χ2n) is 6.06. The Kier molecular flexibility index (Phi) is 6.26. The van der Waals surface area contributed by atoms with Crippen molar-refractivity contribution in [3.63, 3.8) is 0 Å². The van der Waals surface area contributed by atoms with E-state index in [-0.39, 0.29) is 11.9 Å². The maximum Gasteiger partial charge on any atom is 0.264 e. The Bertz CT molecular complexity index is 499. The van der Waals surface area contributed by atoms with Crippen LogP contribution in [0.5, 0.6) is 0 Å². The third kappa shape index (κ3) is 3.82. The van der Waals surface area contributed by atoms with Crippen LogP contribution < -0.4 is 4.90 Å². The average Bonchev–Trinajstić information content (AvgIpc) is 2.82. The Labute approximate surface area is 138 Å². The van der Waals surface area contributed by atoms with Crippen molar-refractivity contribution in [1.29, 1.82) is 0 Å². The van der Waals surface area contributed by atoms with Crippen LogP contribution in [-0.2, 0) is 11.2 Å². The van der Waals surface area contributed by atoms with Crippen LogP contribution in [0.15, 0.2) is 6.07 Å². The number of aryl methyl sites for hydroxylation is 1. The number of hydrogen-bond acceptors (Lipinski definition) is 4. The molecule has 2 rings (SSSR count). The molecule has 0 fully saturated rings. The van der Waals surface area contributed by atoms with Gasteiger partial charge in [0.25, 0.3) is 5.91 Å². The molecule has 0 saturated carbocycles. The Morgan fingerprint density at radius 1 is 1.45 bits per heavy atom. The molecule has 124 valence electrons. The van der Waals surface area contributed by atoms with Crippen molar-refractivity contribution in [2.45, 2.75) is 46.1 Å². The molecule has 1 aromatic heterocycles. The number of nitrogens with zero attached hydrogens (tertiary/aromatic N) is 2. The summed E-state index contributed by atoms with van der Waals surface area (Å²) < 4.78 is 5.23. The highest BCUT2D eigenvalue weighted by molar-refractivity contribution is 7.18. The summed E-state index contributed by atoms with van der Waals surface area (Å²) in [4.78, 5) is 17.9. The largest absolute Gasteiger partial charge is 0.383 e. The van der Waals surface area contributed by atoms with E-state index in [1.54, 1.807) is 18.4 Å². The minimum atomic E-state index is 0.169. The summed E-state index contributed by atoms with van der Waals surface area (Å²) in [5.74, 6) is 0.169. The van der Waals surface area contributed by atoms with Gasteiger partial charge in [-0.15, -0.1) is 11.3 Å². The Hall–Kier alpha value is -1.07. The lowest BCUT2D eigenvalue weighted by molar-refractivity contribution is 0.0722. The molecule has 2 heterocycles. The van der Waals surface area contributed by atoms with Crippen molar-refractivity contribution in [3.8, 4) is 0 Å². The van der Waals surface area contributed by atoms with Crippen LogP contribution in [0, 0.1) is 0 Å². The highest BCUT2D eigenvalue weighted by Crippen LogP contribution is 2.35. The van der Waals surface area contributed by atoms with Crippen LogP contribution in [0.25, 0.3) is 0 Å². The van der Waals surface area contributed by atoms with Gasteiger partial charge in [0.2, 0.25) is 0 Å². The van der Waals surface area contributed by atoms with Crippen LogP contribution >= 0.6 is 11.3 Å². The number of ether oxygens (including phenoxy) is 1. The standard InChI is InChI=1S/C17H28N2O2S/c1-5-19(13(2)3)16(20)15-12-14-8-6-7-9-18(10-11-21-4)17(14)22-15/h12-13H,5-11H2,1-4H3. The van der Waals surface area contributed by atoms with Crippen LogP contribution in [-0.4, -0.2) is 50.2 Å². The van der Waals surface area contributed by atoms with Gasteiger partial charge in [0, 0.05) is 32.8 Å². The second-order valence-corrected chi connectivity index (χ2v) is 7.09. The van der Waals surface area contributed by atoms with Gasteiger partial charge in [-0.05, 0) is 51.7 Å². The normalized spacial score (nSPS) is 14.9. The molecule has 0 saturated heterocycles. The molecule has 1 aromatic rings. The number of fused-ring (bicyclic) bond motifs is 1. The molecule has 1 aliphatic rings. The lowest BCUT2D eigenvalue weighted by atomic mass is 10.1. The highest BCUT2D eigenvalue weighted by atomic mass is 32.1. The van der Waals surface area contributed by atoms with Gasteiger partial charge in [-0.25, -0.2) is 0 Å². The quantitative estimate of drug-likeness (QED) is 0.804. The predicted molar refractivity (Wildman–Crippen MR) is 93.2 cm³/mol. The fraction of sp³-hybridized carbons (Fsp3) is 0.706. The molecule has 0 aromatic carbocycles. The minimum Gasteiger partial charge on any atom is -0.383 e. The number of hydrogen-bond donors (Lipinski definition) is 0. The highest BCUT2D eigenvalue weighted by Gasteiger charge is 2.24. The SMILES string of the molecule is CCN(C(=O)c1cc2c(s1)N(CCOC)CCCC2)C(C)C. The van der Waals surface area contributed by atoms with Crippen molar-refractivity contribution >= 4 is 22.2 Å². The number of rotatable bonds is 6. The molecule has 0 N–H and O–H groups in total. The maximum absolute atomic E-state index is 12.7. The Balaban J connectivity index is 2.24. The molecule has 1 amide bonds. The Morgan fingerprint density at radius 3 is 2.86 bits per heavy atom. The zero-order chi connectivity index (χ0) is 16.1. The number of methoxy groups -OCH3 is 1. The van der Waals surface area contributed by atoms with E-state index in [1.165, 1.54) is 23.4 Å². The maximum atomic E-state index is 12.7. The smallest absolute Gasteiger partial charge is 0.264 e. The molecular weight excluding hydrogens is 296 g/mol. The summed E-state index contributed by atoms with van der Waals surface area (Å²) in [5.41, 5.74) is 1.33. The zero-order valence-electron chi connectivity index (χ0n) is 14.2. The molecule has 0 aliphatic carbocycles. The summed E-state index contributed by atoms with van der Waals surface area (Å²) in [5, 5.41) is 1.28. The van der Waals surface area contributed by atoms with E-state index in [4.69, 9.17) is 4.74 Å². The average molecular weight is 324 g/mol. The predicted octanol–water partition coefficient (Wildman–Crippen LogP) is 3.41. The number of amides is 1. The van der Waals surface area contributed by atoms with E-state index in [0.29, 0.717) is 0 Å². The number of anilines is 1. The van der Waals surface area contributed by atoms with E-state index in [2.05, 4.69) is 24.8 Å². The molecule has 1 aliphatic heterocycles. The lowest BCUT2D eigenvalue weighted by Gasteiger charge is -2.24. The summed E-state index contributed by atoms with van der Waals surface area (Å²) in [6.45, 7) is 9.64. The molecule has 0 bridgehead atoms. The van der Waals surface area contributed by atoms with Gasteiger partial charge >= 0.3 is 0 Å². The first-order valence-electron chi connectivity index (χ1n) is 8.26. The fourth-order valence-corrected chi connectivity index (χ4v) is 4.21. The molecule has 0 unspecified atom stereocenters. The first kappa shape index (κ1) is 17.3. The first-order chi connectivity index (χ1) is 10.6. The summed E-state index contributed by atoms with van der Waals surface area (Å²) in [6, 6.07) is 2.36. The number of carbonyl (C=O) groups excluding carboxylic acids is 1. The van der Waals surface area contributed by atoms with Gasteiger partial charge in [-0.3, -0.25) is 4.79 Å². The van der Waals surface area contributed by atoms with Crippen molar-refractivity contribution in [2.75, 3.05) is 38.3 Å². The van der Waals surface area contributed by atoms with Crippen LogP contribution in [0.1, 0.15) is 48.8 Å². The van der Waals surface area contributed by atoms with Crippen molar-refractivity contribution in [1.82, 2.24) is 4.90 Å². The summed E-state index contributed by atoms with van der Waals surface area (Å²) >= 11 is 1.66.